The van der Waals surface area contributed by atoms with Gasteiger partial charge in [0.05, 0.1) is 24.8 Å². The first-order valence-electron chi connectivity index (χ1n) is 10.6. The molecule has 1 amide bonds. The van der Waals surface area contributed by atoms with Crippen LogP contribution in [-0.4, -0.2) is 38.8 Å². The van der Waals surface area contributed by atoms with Gasteiger partial charge in [-0.15, -0.1) is 0 Å². The molecular weight excluding hydrogens is 471 g/mol. The van der Waals surface area contributed by atoms with Gasteiger partial charge in [0.15, 0.2) is 0 Å². The van der Waals surface area contributed by atoms with Gasteiger partial charge in [-0.3, -0.25) is 4.79 Å². The molecule has 32 heavy (non-hydrogen) atoms. The molecule has 9 heteroatoms. The molecule has 2 aromatic rings. The van der Waals surface area contributed by atoms with E-state index in [0.717, 1.165) is 17.7 Å². The average molecular weight is 499 g/mol. The molecule has 2 aromatic carbocycles. The zero-order chi connectivity index (χ0) is 23.3. The first-order chi connectivity index (χ1) is 15.2. The number of nitrogens with zero attached hydrogens (tertiary/aromatic N) is 1. The fourth-order valence-corrected chi connectivity index (χ4v) is 6.08. The van der Waals surface area contributed by atoms with Crippen molar-refractivity contribution in [1.29, 1.82) is 0 Å². The number of carbonyl (C=O) groups is 1. The maximum Gasteiger partial charge on any atom is 0.224 e. The Labute approximate surface area is 199 Å². The second-order valence-electron chi connectivity index (χ2n) is 7.93. The number of hydrogen-bond donors (Lipinski definition) is 1. The fourth-order valence-electron chi connectivity index (χ4n) is 3.88. The molecule has 0 saturated carbocycles. The predicted octanol–water partition coefficient (Wildman–Crippen LogP) is 4.81. The Morgan fingerprint density at radius 1 is 1.22 bits per heavy atom. The van der Waals surface area contributed by atoms with Gasteiger partial charge in [-0.2, -0.15) is 0 Å². The van der Waals surface area contributed by atoms with E-state index in [1.54, 1.807) is 19.2 Å². The molecule has 3 rings (SSSR count). The summed E-state index contributed by atoms with van der Waals surface area (Å²) in [6.45, 7) is 2.56. The van der Waals surface area contributed by atoms with E-state index in [9.17, 15) is 13.2 Å². The summed E-state index contributed by atoms with van der Waals surface area (Å²) in [6, 6.07) is 12.2. The summed E-state index contributed by atoms with van der Waals surface area (Å²) in [6.07, 6.45) is 2.01. The summed E-state index contributed by atoms with van der Waals surface area (Å²) >= 11 is 12.1. The van der Waals surface area contributed by atoms with E-state index in [1.807, 2.05) is 31.2 Å². The molecule has 1 heterocycles. The van der Waals surface area contributed by atoms with Crippen molar-refractivity contribution < 1.29 is 17.9 Å². The van der Waals surface area contributed by atoms with Crippen molar-refractivity contribution in [3.05, 3.63) is 63.6 Å². The molecule has 1 saturated heterocycles. The Hall–Kier alpha value is -1.80. The van der Waals surface area contributed by atoms with Crippen LogP contribution in [0.25, 0.3) is 0 Å². The number of halogens is 2. The van der Waals surface area contributed by atoms with Crippen LogP contribution < -0.4 is 10.1 Å². The van der Waals surface area contributed by atoms with Gasteiger partial charge in [0.25, 0.3) is 0 Å². The maximum absolute atomic E-state index is 13.0. The molecule has 2 atom stereocenters. The molecule has 0 aliphatic carbocycles. The SMILES string of the molecule is CCC(NC(=O)C1CCCN(S(=O)(=O)Cc2ccc(Cl)cc2Cl)C1)c1ccc(OC)cc1. The van der Waals surface area contributed by atoms with Crippen molar-refractivity contribution in [1.82, 2.24) is 9.62 Å². The molecule has 1 aliphatic heterocycles. The molecule has 2 unspecified atom stereocenters. The molecule has 1 N–H and O–H groups in total. The van der Waals surface area contributed by atoms with Crippen molar-refractivity contribution in [2.45, 2.75) is 38.0 Å². The summed E-state index contributed by atoms with van der Waals surface area (Å²) in [5.74, 6) is 0.00767. The summed E-state index contributed by atoms with van der Waals surface area (Å²) in [7, 11) is -2.01. The molecule has 174 valence electrons. The molecule has 0 bridgehead atoms. The Morgan fingerprint density at radius 3 is 2.56 bits per heavy atom. The number of ether oxygens (including phenoxy) is 1. The van der Waals surface area contributed by atoms with E-state index in [4.69, 9.17) is 27.9 Å². The maximum atomic E-state index is 13.0. The summed E-state index contributed by atoms with van der Waals surface area (Å²) in [4.78, 5) is 13.0. The van der Waals surface area contributed by atoms with Crippen LogP contribution in [0.15, 0.2) is 42.5 Å². The van der Waals surface area contributed by atoms with Crippen LogP contribution >= 0.6 is 23.2 Å². The van der Waals surface area contributed by atoms with E-state index >= 15 is 0 Å². The van der Waals surface area contributed by atoms with Gasteiger partial charge in [0, 0.05) is 23.1 Å². The zero-order valence-electron chi connectivity index (χ0n) is 18.2. The van der Waals surface area contributed by atoms with Gasteiger partial charge < -0.3 is 10.1 Å². The number of nitrogens with one attached hydrogen (secondary N) is 1. The van der Waals surface area contributed by atoms with E-state index in [0.29, 0.717) is 35.0 Å². The first kappa shape index (κ1) is 24.8. The largest absolute Gasteiger partial charge is 0.497 e. The minimum atomic E-state index is -3.62. The van der Waals surface area contributed by atoms with Crippen molar-refractivity contribution in [3.8, 4) is 5.75 Å². The third-order valence-corrected chi connectivity index (χ3v) is 8.13. The topological polar surface area (TPSA) is 75.7 Å². The van der Waals surface area contributed by atoms with Crippen molar-refractivity contribution in [2.75, 3.05) is 20.2 Å². The van der Waals surface area contributed by atoms with Gasteiger partial charge in [-0.05, 0) is 54.7 Å². The zero-order valence-corrected chi connectivity index (χ0v) is 20.5. The van der Waals surface area contributed by atoms with Crippen LogP contribution in [0, 0.1) is 5.92 Å². The highest BCUT2D eigenvalue weighted by atomic mass is 35.5. The van der Waals surface area contributed by atoms with Crippen LogP contribution in [0.3, 0.4) is 0 Å². The van der Waals surface area contributed by atoms with Crippen LogP contribution in [-0.2, 0) is 20.6 Å². The highest BCUT2D eigenvalue weighted by Gasteiger charge is 2.33. The van der Waals surface area contributed by atoms with E-state index in [1.165, 1.54) is 10.4 Å². The van der Waals surface area contributed by atoms with E-state index < -0.39 is 15.9 Å². The van der Waals surface area contributed by atoms with Gasteiger partial charge in [-0.1, -0.05) is 48.3 Å². The standard InChI is InChI=1S/C23H28Cl2N2O4S/c1-3-22(16-7-10-20(31-2)11-8-16)26-23(28)17-5-4-12-27(14-17)32(29,30)15-18-6-9-19(24)13-21(18)25/h6-11,13,17,22H,3-5,12,14-15H2,1-2H3,(H,26,28). The highest BCUT2D eigenvalue weighted by molar-refractivity contribution is 7.88. The van der Waals surface area contributed by atoms with Gasteiger partial charge >= 0.3 is 0 Å². The molecule has 6 nitrogen and oxygen atoms in total. The summed E-state index contributed by atoms with van der Waals surface area (Å²) in [5, 5.41) is 3.86. The average Bonchev–Trinajstić information content (AvgIpc) is 2.79. The minimum absolute atomic E-state index is 0.128. The number of methoxy groups -OCH3 is 1. The first-order valence-corrected chi connectivity index (χ1v) is 13.0. The number of amides is 1. The summed E-state index contributed by atoms with van der Waals surface area (Å²) < 4.78 is 32.6. The molecule has 0 spiro atoms. The second kappa shape index (κ2) is 10.9. The van der Waals surface area contributed by atoms with E-state index in [-0.39, 0.29) is 24.2 Å². The monoisotopic (exact) mass is 498 g/mol. The number of piperidine rings is 1. The lowest BCUT2D eigenvalue weighted by molar-refractivity contribution is -0.126. The quantitative estimate of drug-likeness (QED) is 0.566. The normalized spacial score (nSPS) is 18.2. The third-order valence-electron chi connectivity index (χ3n) is 5.74. The van der Waals surface area contributed by atoms with Crippen molar-refractivity contribution >= 4 is 39.1 Å². The Bertz CT molecular complexity index is 1040. The summed E-state index contributed by atoms with van der Waals surface area (Å²) in [5.41, 5.74) is 1.48. The molecule has 0 aromatic heterocycles. The van der Waals surface area contributed by atoms with E-state index in [2.05, 4.69) is 5.32 Å². The second-order valence-corrected chi connectivity index (χ2v) is 10.7. The number of sulfonamides is 1. The van der Waals surface area contributed by atoms with Crippen LogP contribution in [0.1, 0.15) is 43.4 Å². The Morgan fingerprint density at radius 2 is 1.94 bits per heavy atom. The van der Waals surface area contributed by atoms with Crippen LogP contribution in [0.2, 0.25) is 10.0 Å². The molecule has 1 fully saturated rings. The number of hydrogen-bond acceptors (Lipinski definition) is 4. The minimum Gasteiger partial charge on any atom is -0.497 e. The molecule has 0 radical (unpaired) electrons. The Kier molecular flexibility index (Phi) is 8.44. The number of rotatable bonds is 8. The lowest BCUT2D eigenvalue weighted by Crippen LogP contribution is -2.46. The number of benzene rings is 2. The predicted molar refractivity (Wildman–Crippen MR) is 128 cm³/mol. The Balaban J connectivity index is 1.66. The molecular formula is C23H28Cl2N2O4S. The lowest BCUT2D eigenvalue weighted by atomic mass is 9.97. The van der Waals surface area contributed by atoms with Crippen molar-refractivity contribution in [3.63, 3.8) is 0 Å². The van der Waals surface area contributed by atoms with Gasteiger partial charge in [0.1, 0.15) is 5.75 Å². The van der Waals surface area contributed by atoms with Gasteiger partial charge in [0.2, 0.25) is 15.9 Å². The highest BCUT2D eigenvalue weighted by Crippen LogP contribution is 2.27. The van der Waals surface area contributed by atoms with Gasteiger partial charge in [-0.25, -0.2) is 12.7 Å². The number of carbonyl (C=O) groups excluding carboxylic acids is 1. The third kappa shape index (κ3) is 6.16. The molecule has 1 aliphatic rings. The lowest BCUT2D eigenvalue weighted by Gasteiger charge is -2.32. The van der Waals surface area contributed by atoms with Crippen LogP contribution in [0.5, 0.6) is 5.75 Å². The van der Waals surface area contributed by atoms with Crippen LogP contribution in [0.4, 0.5) is 0 Å². The fraction of sp³-hybridized carbons (Fsp3) is 0.435. The van der Waals surface area contributed by atoms with Crippen molar-refractivity contribution in [2.24, 2.45) is 5.92 Å². The smallest absolute Gasteiger partial charge is 0.224 e.